The summed E-state index contributed by atoms with van der Waals surface area (Å²) >= 11 is 0.425. The van der Waals surface area contributed by atoms with Gasteiger partial charge in [-0.2, -0.15) is 8.78 Å². The molecule has 1 aliphatic rings. The van der Waals surface area contributed by atoms with Gasteiger partial charge >= 0.3 is 5.97 Å². The topological polar surface area (TPSA) is 46.6 Å². The normalized spacial score (nSPS) is 13.8. The van der Waals surface area contributed by atoms with Crippen LogP contribution in [-0.2, 0) is 11.3 Å². The fraction of sp³-hybridized carbons (Fsp3) is 0.300. The van der Waals surface area contributed by atoms with E-state index in [-0.39, 0.29) is 12.5 Å². The van der Waals surface area contributed by atoms with Crippen LogP contribution in [0, 0.1) is 0 Å². The van der Waals surface area contributed by atoms with E-state index in [1.165, 1.54) is 24.3 Å². The smallest absolute Gasteiger partial charge is 0.338 e. The van der Waals surface area contributed by atoms with Gasteiger partial charge in [-0.1, -0.05) is 23.9 Å². The summed E-state index contributed by atoms with van der Waals surface area (Å²) in [6.45, 7) is 1.67. The molecule has 1 fully saturated rings. The second kappa shape index (κ2) is 8.99. The molecule has 27 heavy (non-hydrogen) atoms. The maximum Gasteiger partial charge on any atom is 0.338 e. The van der Waals surface area contributed by atoms with E-state index in [4.69, 9.17) is 4.74 Å². The number of nitrogens with zero attached hydrogens (tertiary/aromatic N) is 1. The van der Waals surface area contributed by atoms with Crippen molar-refractivity contribution >= 4 is 23.6 Å². The predicted octanol–water partition coefficient (Wildman–Crippen LogP) is 4.59. The van der Waals surface area contributed by atoms with Gasteiger partial charge in [0.15, 0.2) is 0 Å². The van der Waals surface area contributed by atoms with E-state index in [2.05, 4.69) is 0 Å². The number of carbonyl (C=O) groups is 2. The van der Waals surface area contributed by atoms with E-state index >= 15 is 0 Å². The molecule has 0 aromatic heterocycles. The standard InChI is InChI=1S/C20H19F2NO3S/c21-20(22)27-17-9-7-16(8-10-17)19(25)26-13-14-3-5-15(6-4-14)18(24)23-11-1-2-12-23/h3-10,20H,1-2,11-13H2. The first-order valence-electron chi connectivity index (χ1n) is 8.63. The van der Waals surface area contributed by atoms with Gasteiger partial charge < -0.3 is 9.64 Å². The van der Waals surface area contributed by atoms with Gasteiger partial charge in [-0.3, -0.25) is 4.79 Å². The van der Waals surface area contributed by atoms with Crippen LogP contribution in [0.3, 0.4) is 0 Å². The minimum atomic E-state index is -2.50. The third-order valence-electron chi connectivity index (χ3n) is 4.28. The largest absolute Gasteiger partial charge is 0.457 e. The lowest BCUT2D eigenvalue weighted by Gasteiger charge is -2.15. The van der Waals surface area contributed by atoms with E-state index in [1.807, 2.05) is 4.90 Å². The van der Waals surface area contributed by atoms with Gasteiger partial charge in [-0.05, 0) is 54.8 Å². The van der Waals surface area contributed by atoms with Crippen LogP contribution in [0.25, 0.3) is 0 Å². The summed E-state index contributed by atoms with van der Waals surface area (Å²) in [5.74, 6) is -3.00. The van der Waals surface area contributed by atoms with Crippen molar-refractivity contribution in [1.29, 1.82) is 0 Å². The fourth-order valence-electron chi connectivity index (χ4n) is 2.85. The molecule has 7 heteroatoms. The summed E-state index contributed by atoms with van der Waals surface area (Å²) in [5, 5.41) is 0. The van der Waals surface area contributed by atoms with Crippen molar-refractivity contribution in [2.45, 2.75) is 30.1 Å². The number of rotatable bonds is 6. The third-order valence-corrected chi connectivity index (χ3v) is 5.00. The maximum atomic E-state index is 12.3. The second-order valence-electron chi connectivity index (χ2n) is 6.18. The van der Waals surface area contributed by atoms with Crippen LogP contribution in [0.2, 0.25) is 0 Å². The fourth-order valence-corrected chi connectivity index (χ4v) is 3.35. The molecule has 0 radical (unpaired) electrons. The lowest BCUT2D eigenvalue weighted by atomic mass is 10.1. The monoisotopic (exact) mass is 391 g/mol. The van der Waals surface area contributed by atoms with E-state index in [9.17, 15) is 18.4 Å². The molecule has 4 nitrogen and oxygen atoms in total. The van der Waals surface area contributed by atoms with Crippen molar-refractivity contribution in [3.63, 3.8) is 0 Å². The highest BCUT2D eigenvalue weighted by atomic mass is 32.2. The summed E-state index contributed by atoms with van der Waals surface area (Å²) in [6.07, 6.45) is 2.09. The van der Waals surface area contributed by atoms with E-state index in [0.29, 0.717) is 27.8 Å². The number of alkyl halides is 2. The average Bonchev–Trinajstić information content (AvgIpc) is 3.21. The number of ether oxygens (including phenoxy) is 1. The first-order valence-corrected chi connectivity index (χ1v) is 9.51. The Morgan fingerprint density at radius 1 is 0.963 bits per heavy atom. The van der Waals surface area contributed by atoms with Gasteiger partial charge in [0, 0.05) is 23.5 Å². The van der Waals surface area contributed by atoms with Gasteiger partial charge in [0.25, 0.3) is 11.7 Å². The van der Waals surface area contributed by atoms with E-state index < -0.39 is 11.7 Å². The number of likely N-dealkylation sites (tertiary alicyclic amines) is 1. The zero-order chi connectivity index (χ0) is 19.2. The quantitative estimate of drug-likeness (QED) is 0.534. The van der Waals surface area contributed by atoms with E-state index in [0.717, 1.165) is 31.5 Å². The Morgan fingerprint density at radius 3 is 2.15 bits per heavy atom. The zero-order valence-corrected chi connectivity index (χ0v) is 15.4. The highest BCUT2D eigenvalue weighted by Crippen LogP contribution is 2.25. The number of carbonyl (C=O) groups excluding carboxylic acids is 2. The number of esters is 1. The number of thioether (sulfide) groups is 1. The minimum Gasteiger partial charge on any atom is -0.457 e. The molecule has 0 spiro atoms. The van der Waals surface area contributed by atoms with E-state index in [1.54, 1.807) is 24.3 Å². The molecule has 2 aromatic rings. The van der Waals surface area contributed by atoms with Crippen LogP contribution in [0.1, 0.15) is 39.1 Å². The Kier molecular flexibility index (Phi) is 6.45. The van der Waals surface area contributed by atoms with Crippen LogP contribution in [-0.4, -0.2) is 35.6 Å². The van der Waals surface area contributed by atoms with Crippen molar-refractivity contribution in [3.8, 4) is 0 Å². The molecule has 0 saturated carbocycles. The predicted molar refractivity (Wildman–Crippen MR) is 99.0 cm³/mol. The minimum absolute atomic E-state index is 0.0257. The molecule has 1 heterocycles. The third kappa shape index (κ3) is 5.29. The molecule has 1 saturated heterocycles. The van der Waals surface area contributed by atoms with Crippen molar-refractivity contribution in [3.05, 3.63) is 65.2 Å². The number of halogens is 2. The van der Waals surface area contributed by atoms with Crippen molar-refractivity contribution in [2.75, 3.05) is 13.1 Å². The molecule has 2 aromatic carbocycles. The number of benzene rings is 2. The molecule has 0 unspecified atom stereocenters. The SMILES string of the molecule is O=C(OCc1ccc(C(=O)N2CCCC2)cc1)c1ccc(SC(F)F)cc1. The first kappa shape index (κ1) is 19.4. The molecule has 0 bridgehead atoms. The van der Waals surface area contributed by atoms with Gasteiger partial charge in [0.1, 0.15) is 6.61 Å². The summed E-state index contributed by atoms with van der Waals surface area (Å²) < 4.78 is 29.8. The Hall–Kier alpha value is -2.41. The van der Waals surface area contributed by atoms with Gasteiger partial charge in [0.2, 0.25) is 0 Å². The van der Waals surface area contributed by atoms with Crippen molar-refractivity contribution in [1.82, 2.24) is 4.90 Å². The molecule has 142 valence electrons. The molecule has 0 aliphatic carbocycles. The maximum absolute atomic E-state index is 12.3. The second-order valence-corrected chi connectivity index (χ2v) is 7.24. The molecule has 1 aliphatic heterocycles. The van der Waals surface area contributed by atoms with Crippen LogP contribution in [0.5, 0.6) is 0 Å². The van der Waals surface area contributed by atoms with Crippen LogP contribution in [0.4, 0.5) is 8.78 Å². The zero-order valence-electron chi connectivity index (χ0n) is 14.6. The first-order chi connectivity index (χ1) is 13.0. The Morgan fingerprint density at radius 2 is 1.56 bits per heavy atom. The Bertz CT molecular complexity index is 788. The molecule has 1 amide bonds. The van der Waals surface area contributed by atoms with Crippen LogP contribution < -0.4 is 0 Å². The highest BCUT2D eigenvalue weighted by molar-refractivity contribution is 7.99. The van der Waals surface area contributed by atoms with Gasteiger partial charge in [-0.15, -0.1) is 0 Å². The Balaban J connectivity index is 1.53. The summed E-state index contributed by atoms with van der Waals surface area (Å²) in [6, 6.07) is 12.9. The van der Waals surface area contributed by atoms with Crippen LogP contribution in [0.15, 0.2) is 53.4 Å². The van der Waals surface area contributed by atoms with Crippen LogP contribution >= 0.6 is 11.8 Å². The lowest BCUT2D eigenvalue weighted by molar-refractivity contribution is 0.0472. The van der Waals surface area contributed by atoms with Gasteiger partial charge in [0.05, 0.1) is 5.56 Å². The number of hydrogen-bond acceptors (Lipinski definition) is 4. The number of hydrogen-bond donors (Lipinski definition) is 0. The lowest BCUT2D eigenvalue weighted by Crippen LogP contribution is -2.27. The molecular weight excluding hydrogens is 372 g/mol. The Labute approximate surface area is 160 Å². The van der Waals surface area contributed by atoms with Crippen molar-refractivity contribution < 1.29 is 23.1 Å². The summed E-state index contributed by atoms with van der Waals surface area (Å²) in [5.41, 5.74) is 1.69. The van der Waals surface area contributed by atoms with Crippen molar-refractivity contribution in [2.24, 2.45) is 0 Å². The molecule has 3 rings (SSSR count). The summed E-state index contributed by atoms with van der Waals surface area (Å²) in [7, 11) is 0. The summed E-state index contributed by atoms with van der Waals surface area (Å²) in [4.78, 5) is 26.6. The molecule has 0 atom stereocenters. The molecular formula is C20H19F2NO3S. The highest BCUT2D eigenvalue weighted by Gasteiger charge is 2.19. The average molecular weight is 391 g/mol. The van der Waals surface area contributed by atoms with Gasteiger partial charge in [-0.25, -0.2) is 4.79 Å². The molecule has 0 N–H and O–H groups in total. The number of amides is 1.